The third-order valence-corrected chi connectivity index (χ3v) is 9.06. The first-order chi connectivity index (χ1) is 21.7. The molecule has 1 unspecified atom stereocenters. The maximum atomic E-state index is 11.4. The van der Waals surface area contributed by atoms with E-state index in [1.54, 1.807) is 12.1 Å². The van der Waals surface area contributed by atoms with Crippen molar-refractivity contribution in [1.82, 2.24) is 9.55 Å². The molecule has 0 fully saturated rings. The SMILES string of the molecule is O=[N+]([O-])c1ccc(Cn2c(-c3c(Pc4ccccc4)ccc4ccccc34)nc(-c3ccccc3)c2-c2ccccc2)cc1. The van der Waals surface area contributed by atoms with E-state index in [2.05, 4.69) is 89.5 Å². The van der Waals surface area contributed by atoms with Crippen molar-refractivity contribution in [3.8, 4) is 33.9 Å². The lowest BCUT2D eigenvalue weighted by atomic mass is 10.0. The highest BCUT2D eigenvalue weighted by Crippen LogP contribution is 2.39. The fourth-order valence-corrected chi connectivity index (χ4v) is 6.89. The Hall–Kier alpha value is -5.38. The molecule has 0 N–H and O–H groups in total. The Morgan fingerprint density at radius 3 is 1.95 bits per heavy atom. The largest absolute Gasteiger partial charge is 0.319 e. The molecule has 44 heavy (non-hydrogen) atoms. The van der Waals surface area contributed by atoms with Crippen LogP contribution in [0.4, 0.5) is 5.69 Å². The second-order valence-electron chi connectivity index (χ2n) is 10.6. The summed E-state index contributed by atoms with van der Waals surface area (Å²) in [5.41, 5.74) is 6.13. The van der Waals surface area contributed by atoms with Gasteiger partial charge in [0.1, 0.15) is 5.82 Å². The molecule has 1 aromatic heterocycles. The fraction of sp³-hybridized carbons (Fsp3) is 0.0263. The molecule has 0 bridgehead atoms. The van der Waals surface area contributed by atoms with E-state index in [0.717, 1.165) is 50.2 Å². The minimum atomic E-state index is -0.359. The molecule has 0 saturated heterocycles. The average Bonchev–Trinajstić information content (AvgIpc) is 3.44. The third-order valence-electron chi connectivity index (χ3n) is 7.76. The molecular formula is C38H28N3O2P. The van der Waals surface area contributed by atoms with Crippen molar-refractivity contribution in [2.24, 2.45) is 0 Å². The number of nitro groups is 1. The zero-order valence-electron chi connectivity index (χ0n) is 23.8. The van der Waals surface area contributed by atoms with Gasteiger partial charge in [0.25, 0.3) is 5.69 Å². The quantitative estimate of drug-likeness (QED) is 0.101. The zero-order chi connectivity index (χ0) is 29.9. The van der Waals surface area contributed by atoms with Crippen molar-refractivity contribution in [2.45, 2.75) is 6.54 Å². The molecule has 7 aromatic rings. The summed E-state index contributed by atoms with van der Waals surface area (Å²) in [5.74, 6) is 0.872. The van der Waals surface area contributed by atoms with Crippen LogP contribution in [-0.4, -0.2) is 14.5 Å². The van der Waals surface area contributed by atoms with Gasteiger partial charge in [-0.2, -0.15) is 0 Å². The summed E-state index contributed by atoms with van der Waals surface area (Å²) in [6.07, 6.45) is 0. The van der Waals surface area contributed by atoms with Gasteiger partial charge in [-0.25, -0.2) is 4.98 Å². The minimum Gasteiger partial charge on any atom is -0.319 e. The van der Waals surface area contributed by atoms with E-state index in [-0.39, 0.29) is 10.6 Å². The first-order valence-corrected chi connectivity index (χ1v) is 15.4. The van der Waals surface area contributed by atoms with Crippen molar-refractivity contribution < 1.29 is 4.92 Å². The summed E-state index contributed by atoms with van der Waals surface area (Å²) < 4.78 is 2.29. The fourth-order valence-electron chi connectivity index (χ4n) is 5.68. The molecule has 0 aliphatic carbocycles. The standard InChI is InChI=1S/C38H28N3O2P/c42-41(43)31-23-20-27(21-24-31)26-40-37(30-15-6-2-7-16-30)36(29-13-4-1-5-14-29)39-38(40)35-33-19-11-10-12-28(33)22-25-34(35)44-32-17-8-3-9-18-32/h1-25,44H,26H2. The van der Waals surface area contributed by atoms with E-state index in [1.807, 2.05) is 54.6 Å². The topological polar surface area (TPSA) is 61.0 Å². The zero-order valence-corrected chi connectivity index (χ0v) is 24.8. The van der Waals surface area contributed by atoms with E-state index in [1.165, 1.54) is 10.6 Å². The predicted molar refractivity (Wildman–Crippen MR) is 182 cm³/mol. The van der Waals surface area contributed by atoms with E-state index in [0.29, 0.717) is 15.1 Å². The van der Waals surface area contributed by atoms with Crippen molar-refractivity contribution >= 4 is 35.6 Å². The first kappa shape index (κ1) is 27.5. The summed E-state index contributed by atoms with van der Waals surface area (Å²) in [4.78, 5) is 16.5. The second kappa shape index (κ2) is 12.1. The molecule has 7 rings (SSSR count). The molecule has 0 aliphatic heterocycles. The minimum absolute atomic E-state index is 0.0771. The Morgan fingerprint density at radius 2 is 1.27 bits per heavy atom. The molecule has 1 atom stereocenters. The van der Waals surface area contributed by atoms with Gasteiger partial charge >= 0.3 is 0 Å². The summed E-state index contributed by atoms with van der Waals surface area (Å²) >= 11 is 0. The van der Waals surface area contributed by atoms with Gasteiger partial charge in [-0.1, -0.05) is 148 Å². The summed E-state index contributed by atoms with van der Waals surface area (Å²) in [7, 11) is 0.435. The van der Waals surface area contributed by atoms with Gasteiger partial charge in [-0.3, -0.25) is 10.1 Å². The summed E-state index contributed by atoms with van der Waals surface area (Å²) in [6, 6.07) is 51.0. The van der Waals surface area contributed by atoms with Gasteiger partial charge < -0.3 is 4.57 Å². The molecular weight excluding hydrogens is 561 g/mol. The average molecular weight is 590 g/mol. The molecule has 6 heteroatoms. The summed E-state index contributed by atoms with van der Waals surface area (Å²) in [5, 5.41) is 16.2. The number of hydrogen-bond donors (Lipinski definition) is 0. The number of imidazole rings is 1. The predicted octanol–water partition coefficient (Wildman–Crippen LogP) is 8.62. The van der Waals surface area contributed by atoms with Crippen LogP contribution < -0.4 is 10.6 Å². The van der Waals surface area contributed by atoms with Crippen LogP contribution in [0.15, 0.2) is 152 Å². The number of nitro benzene ring substituents is 1. The number of rotatable bonds is 8. The lowest BCUT2D eigenvalue weighted by Gasteiger charge is -2.17. The summed E-state index contributed by atoms with van der Waals surface area (Å²) in [6.45, 7) is 0.495. The van der Waals surface area contributed by atoms with Gasteiger partial charge in [0.05, 0.1) is 16.3 Å². The van der Waals surface area contributed by atoms with Gasteiger partial charge in [0.2, 0.25) is 0 Å². The molecule has 0 amide bonds. The highest BCUT2D eigenvalue weighted by Gasteiger charge is 2.24. The molecule has 6 aromatic carbocycles. The number of aromatic nitrogens is 2. The highest BCUT2D eigenvalue weighted by atomic mass is 31.1. The Morgan fingerprint density at radius 1 is 0.659 bits per heavy atom. The third kappa shape index (κ3) is 5.42. The lowest BCUT2D eigenvalue weighted by Crippen LogP contribution is -2.12. The number of nitrogens with zero attached hydrogens (tertiary/aromatic N) is 3. The first-order valence-electron chi connectivity index (χ1n) is 14.4. The van der Waals surface area contributed by atoms with Crippen molar-refractivity contribution in [1.29, 1.82) is 0 Å². The number of fused-ring (bicyclic) bond motifs is 1. The molecule has 1 heterocycles. The van der Waals surface area contributed by atoms with Crippen molar-refractivity contribution in [3.63, 3.8) is 0 Å². The number of non-ortho nitro benzene ring substituents is 1. The molecule has 0 aliphatic rings. The molecule has 212 valence electrons. The maximum Gasteiger partial charge on any atom is 0.269 e. The van der Waals surface area contributed by atoms with E-state index < -0.39 is 0 Å². The smallest absolute Gasteiger partial charge is 0.269 e. The Bertz CT molecular complexity index is 2080. The van der Waals surface area contributed by atoms with Crippen molar-refractivity contribution in [2.75, 3.05) is 0 Å². The van der Waals surface area contributed by atoms with Crippen LogP contribution in [-0.2, 0) is 6.54 Å². The lowest BCUT2D eigenvalue weighted by molar-refractivity contribution is -0.384. The number of benzene rings is 6. The Labute approximate surface area is 257 Å². The van der Waals surface area contributed by atoms with Crippen LogP contribution >= 0.6 is 8.58 Å². The monoisotopic (exact) mass is 589 g/mol. The highest BCUT2D eigenvalue weighted by molar-refractivity contribution is 7.55. The normalized spacial score (nSPS) is 11.4. The van der Waals surface area contributed by atoms with E-state index in [9.17, 15) is 10.1 Å². The van der Waals surface area contributed by atoms with Crippen LogP contribution in [0.3, 0.4) is 0 Å². The van der Waals surface area contributed by atoms with Gasteiger partial charge in [-0.05, 0) is 26.9 Å². The molecule has 0 radical (unpaired) electrons. The van der Waals surface area contributed by atoms with Gasteiger partial charge in [-0.15, -0.1) is 0 Å². The Kier molecular flexibility index (Phi) is 7.54. The van der Waals surface area contributed by atoms with Crippen LogP contribution in [0.25, 0.3) is 44.7 Å². The molecule has 0 spiro atoms. The van der Waals surface area contributed by atoms with Crippen LogP contribution in [0.2, 0.25) is 0 Å². The molecule has 5 nitrogen and oxygen atoms in total. The van der Waals surface area contributed by atoms with Crippen LogP contribution in [0.5, 0.6) is 0 Å². The number of hydrogen-bond acceptors (Lipinski definition) is 3. The van der Waals surface area contributed by atoms with Crippen LogP contribution in [0.1, 0.15) is 5.56 Å². The van der Waals surface area contributed by atoms with Gasteiger partial charge in [0, 0.05) is 35.4 Å². The van der Waals surface area contributed by atoms with E-state index >= 15 is 0 Å². The maximum absolute atomic E-state index is 11.4. The van der Waals surface area contributed by atoms with Crippen molar-refractivity contribution in [3.05, 3.63) is 167 Å². The van der Waals surface area contributed by atoms with E-state index in [4.69, 9.17) is 4.98 Å². The van der Waals surface area contributed by atoms with Crippen LogP contribution in [0, 0.1) is 10.1 Å². The second-order valence-corrected chi connectivity index (χ2v) is 11.9. The van der Waals surface area contributed by atoms with Gasteiger partial charge in [0.15, 0.2) is 0 Å². The molecule has 0 saturated carbocycles. The Balaban J connectivity index is 1.54.